The first-order chi connectivity index (χ1) is 35.1. The molecule has 3 aliphatic carbocycles. The Morgan fingerprint density at radius 2 is 1.39 bits per heavy atom. The van der Waals surface area contributed by atoms with Crippen LogP contribution < -0.4 is 5.32 Å². The molecule has 1 amide bonds. The monoisotopic (exact) mass is 1040 g/mol. The molecular formula is C57H73NO15Si. The minimum atomic E-state index is -2.65. The Morgan fingerprint density at radius 3 is 1.92 bits per heavy atom. The molecule has 1 saturated heterocycles. The van der Waals surface area contributed by atoms with E-state index in [-0.39, 0.29) is 36.3 Å². The van der Waals surface area contributed by atoms with Crippen molar-refractivity contribution in [3.63, 3.8) is 0 Å². The highest BCUT2D eigenvalue weighted by Crippen LogP contribution is 2.65. The summed E-state index contributed by atoms with van der Waals surface area (Å²) in [4.78, 5) is 87.8. The van der Waals surface area contributed by atoms with E-state index in [9.17, 15) is 24.3 Å². The number of carbonyl (C=O) groups excluding carboxylic acids is 6. The second-order valence-corrected chi connectivity index (χ2v) is 25.5. The Bertz CT molecular complexity index is 2560. The number of ketones is 1. The van der Waals surface area contributed by atoms with Gasteiger partial charge in [0.25, 0.3) is 5.91 Å². The Labute approximate surface area is 435 Å². The predicted molar refractivity (Wildman–Crippen MR) is 274 cm³/mol. The van der Waals surface area contributed by atoms with Gasteiger partial charge in [0, 0.05) is 44.3 Å². The summed E-state index contributed by atoms with van der Waals surface area (Å²) in [6, 6.07) is 26.2. The van der Waals surface area contributed by atoms with Crippen LogP contribution in [-0.4, -0.2) is 116 Å². The Kier molecular flexibility index (Phi) is 17.0. The van der Waals surface area contributed by atoms with Crippen molar-refractivity contribution in [3.05, 3.63) is 119 Å². The third-order valence-corrected chi connectivity index (χ3v) is 21.1. The van der Waals surface area contributed by atoms with Crippen molar-refractivity contribution in [3.8, 4) is 0 Å². The standard InChI is InChI=1S/C57H73NO15Si/c1-12-66-37(8)69-47(45(38-25-19-16-20-26-38)58-51(62)39-27-21-17-22-28-39)53(64)70-41-32-57(65)50(71-52(63)40-29-23-18-24-30-40)48-55(11,49(61)46(68-35(6)59)44(34(41)5)54(57,9)10)42(73-74(13-2,14-3)15-4)31-43-56(48,33-67-43)72-36(7)60/h16-30,37,41-43,45-48,50,65H,12-15,31-33H2,1-11H3,(H,58,62)/t37?,41-,42-,43+,45?,46+,47+,48-,50-,55+,56-,57+/m0/s1. The molecule has 0 radical (unpaired) electrons. The predicted octanol–water partition coefficient (Wildman–Crippen LogP) is 8.17. The molecule has 74 heavy (non-hydrogen) atoms. The van der Waals surface area contributed by atoms with E-state index in [2.05, 4.69) is 26.1 Å². The van der Waals surface area contributed by atoms with E-state index in [0.29, 0.717) is 29.3 Å². The van der Waals surface area contributed by atoms with Crippen LogP contribution in [0, 0.1) is 16.7 Å². The molecule has 2 unspecified atom stereocenters. The van der Waals surface area contributed by atoms with Gasteiger partial charge in [0.2, 0.25) is 0 Å². The number of ether oxygens (including phenoxy) is 7. The molecule has 4 aliphatic rings. The summed E-state index contributed by atoms with van der Waals surface area (Å²) in [5.41, 5.74) is -6.21. The fourth-order valence-corrected chi connectivity index (χ4v) is 15.2. The topological polar surface area (TPSA) is 209 Å². The lowest BCUT2D eigenvalue weighted by Gasteiger charge is -2.68. The minimum Gasteiger partial charge on any atom is -0.456 e. The van der Waals surface area contributed by atoms with Gasteiger partial charge in [0.05, 0.1) is 35.6 Å². The van der Waals surface area contributed by atoms with Crippen molar-refractivity contribution < 1.29 is 71.5 Å². The van der Waals surface area contributed by atoms with Crippen LogP contribution in [0.15, 0.2) is 102 Å². The number of carbonyl (C=O) groups is 6. The maximum Gasteiger partial charge on any atom is 0.338 e. The number of nitrogens with one attached hydrogen (secondary N) is 1. The minimum absolute atomic E-state index is 0.0813. The van der Waals surface area contributed by atoms with Crippen molar-refractivity contribution in [2.75, 3.05) is 13.2 Å². The molecule has 1 heterocycles. The van der Waals surface area contributed by atoms with Gasteiger partial charge in [0.15, 0.2) is 38.2 Å². The fraction of sp³-hybridized carbons (Fsp3) is 0.544. The number of fused-ring (bicyclic) bond motifs is 5. The third kappa shape index (κ3) is 10.3. The zero-order valence-electron chi connectivity index (χ0n) is 44.5. The van der Waals surface area contributed by atoms with Crippen molar-refractivity contribution in [2.45, 2.75) is 167 Å². The number of aliphatic hydroxyl groups is 1. The van der Waals surface area contributed by atoms with Crippen molar-refractivity contribution in [1.29, 1.82) is 0 Å². The van der Waals surface area contributed by atoms with Crippen LogP contribution in [0.2, 0.25) is 18.1 Å². The Morgan fingerprint density at radius 1 is 0.811 bits per heavy atom. The van der Waals surface area contributed by atoms with Gasteiger partial charge in [-0.05, 0) is 86.8 Å². The largest absolute Gasteiger partial charge is 0.456 e. The lowest BCUT2D eigenvalue weighted by Crippen LogP contribution is -2.82. The molecule has 3 fully saturated rings. The van der Waals surface area contributed by atoms with Gasteiger partial charge in [-0.15, -0.1) is 0 Å². The van der Waals surface area contributed by atoms with Gasteiger partial charge in [-0.3, -0.25) is 19.2 Å². The lowest BCUT2D eigenvalue weighted by atomic mass is 9.44. The highest BCUT2D eigenvalue weighted by atomic mass is 28.4. The number of benzene rings is 3. The molecule has 12 atom stereocenters. The first-order valence-electron chi connectivity index (χ1n) is 25.9. The Hall–Kier alpha value is -5.56. The maximum absolute atomic E-state index is 16.5. The van der Waals surface area contributed by atoms with E-state index in [1.807, 2.05) is 0 Å². The summed E-state index contributed by atoms with van der Waals surface area (Å²) in [6.07, 6.45) is -9.78. The summed E-state index contributed by atoms with van der Waals surface area (Å²) in [5.74, 6) is -5.97. The third-order valence-electron chi connectivity index (χ3n) is 16.5. The average molecular weight is 1040 g/mol. The molecule has 0 aromatic heterocycles. The molecule has 3 aromatic rings. The smallest absolute Gasteiger partial charge is 0.338 e. The van der Waals surface area contributed by atoms with Gasteiger partial charge in [-0.2, -0.15) is 0 Å². The fourth-order valence-electron chi connectivity index (χ4n) is 12.2. The van der Waals surface area contributed by atoms with Crippen molar-refractivity contribution >= 4 is 43.9 Å². The molecule has 2 N–H and O–H groups in total. The second-order valence-electron chi connectivity index (χ2n) is 20.8. The van der Waals surface area contributed by atoms with Crippen LogP contribution in [0.4, 0.5) is 0 Å². The second kappa shape index (κ2) is 22.3. The number of esters is 4. The first-order valence-corrected chi connectivity index (χ1v) is 28.4. The molecule has 16 nitrogen and oxygen atoms in total. The lowest BCUT2D eigenvalue weighted by molar-refractivity contribution is -0.344. The molecule has 3 aromatic carbocycles. The first kappa shape index (κ1) is 56.2. The molecule has 2 bridgehead atoms. The van der Waals surface area contributed by atoms with E-state index in [0.717, 1.165) is 0 Å². The number of rotatable bonds is 19. The van der Waals surface area contributed by atoms with Crippen LogP contribution in [0.1, 0.15) is 121 Å². The molecule has 17 heteroatoms. The molecule has 2 saturated carbocycles. The van der Waals surface area contributed by atoms with Crippen LogP contribution in [0.5, 0.6) is 0 Å². The van der Waals surface area contributed by atoms with Crippen LogP contribution >= 0.6 is 0 Å². The van der Waals surface area contributed by atoms with E-state index >= 15 is 9.59 Å². The molecular weight excluding hydrogens is 967 g/mol. The molecule has 400 valence electrons. The quantitative estimate of drug-likeness (QED) is 0.0382. The zero-order valence-corrected chi connectivity index (χ0v) is 45.5. The Balaban J connectivity index is 1.47. The maximum atomic E-state index is 16.5. The summed E-state index contributed by atoms with van der Waals surface area (Å²) < 4.78 is 51.8. The molecule has 0 spiro atoms. The SMILES string of the molecule is CCOC(C)O[C@@H](C(=O)O[C@H]1C[C@@]2(O)[C@@H](OC(=O)c3ccccc3)[C@@H]3[C@]4(OC(C)=O)CO[C@@H]4C[C@H](O[Si](CC)(CC)CC)[C@@]3(C)C(=O)[C@H](OC(C)=O)C(=C1C)C2(C)C)C(NC(=O)c1ccccc1)c1ccccc1. The highest BCUT2D eigenvalue weighted by molar-refractivity contribution is 6.73. The van der Waals surface area contributed by atoms with Crippen LogP contribution in [0.3, 0.4) is 0 Å². The van der Waals surface area contributed by atoms with E-state index in [1.165, 1.54) is 13.8 Å². The van der Waals surface area contributed by atoms with E-state index < -0.39 is 127 Å². The molecule has 1 aliphatic heterocycles. The molecule has 7 rings (SSSR count). The van der Waals surface area contributed by atoms with Gasteiger partial charge in [-0.1, -0.05) is 101 Å². The average Bonchev–Trinajstić information content (AvgIpc) is 3.37. The zero-order chi connectivity index (χ0) is 54.0. The van der Waals surface area contributed by atoms with Gasteiger partial charge < -0.3 is 48.0 Å². The van der Waals surface area contributed by atoms with Gasteiger partial charge >= 0.3 is 23.9 Å². The van der Waals surface area contributed by atoms with Gasteiger partial charge in [0.1, 0.15) is 23.9 Å². The number of hydrogen-bond donors (Lipinski definition) is 2. The normalized spacial score (nSPS) is 29.3. The van der Waals surface area contributed by atoms with Crippen LogP contribution in [-0.2, 0) is 56.8 Å². The summed E-state index contributed by atoms with van der Waals surface area (Å²) in [7, 11) is -2.65. The van der Waals surface area contributed by atoms with E-state index in [1.54, 1.807) is 133 Å². The van der Waals surface area contributed by atoms with Crippen LogP contribution in [0.25, 0.3) is 0 Å². The van der Waals surface area contributed by atoms with Gasteiger partial charge in [-0.25, -0.2) is 9.59 Å². The number of amides is 1. The van der Waals surface area contributed by atoms with Crippen molar-refractivity contribution in [2.24, 2.45) is 16.7 Å². The highest BCUT2D eigenvalue weighted by Gasteiger charge is 2.79. The van der Waals surface area contributed by atoms with E-state index in [4.69, 9.17) is 37.6 Å². The van der Waals surface area contributed by atoms with Crippen molar-refractivity contribution in [1.82, 2.24) is 5.32 Å². The number of hydrogen-bond acceptors (Lipinski definition) is 15. The summed E-state index contributed by atoms with van der Waals surface area (Å²) in [6.45, 7) is 18.5. The summed E-state index contributed by atoms with van der Waals surface area (Å²) >= 11 is 0. The summed E-state index contributed by atoms with van der Waals surface area (Å²) in [5, 5.41) is 17.3. The number of Topliss-reactive ketones (excluding diaryl/α,β-unsaturated/α-hetero) is 1.